The zero-order valence-electron chi connectivity index (χ0n) is 21.1. The van der Waals surface area contributed by atoms with Gasteiger partial charge in [0, 0.05) is 50.5 Å². The van der Waals surface area contributed by atoms with Crippen molar-refractivity contribution in [1.82, 2.24) is 9.80 Å². The van der Waals surface area contributed by atoms with Crippen LogP contribution in [-0.2, 0) is 22.6 Å². The third-order valence-electron chi connectivity index (χ3n) is 5.84. The molecular formula is C28H44N2O4. The Bertz CT molecular complexity index is 721. The van der Waals surface area contributed by atoms with E-state index >= 15 is 0 Å². The van der Waals surface area contributed by atoms with E-state index in [9.17, 15) is 10.2 Å². The molecule has 0 saturated carbocycles. The maximum Gasteiger partial charge on any atom is 0.120 e. The predicted molar refractivity (Wildman–Crippen MR) is 138 cm³/mol. The van der Waals surface area contributed by atoms with Gasteiger partial charge in [0.25, 0.3) is 0 Å². The number of hydrogen-bond acceptors (Lipinski definition) is 6. The first kappa shape index (κ1) is 28.1. The van der Waals surface area contributed by atoms with Crippen LogP contribution in [0.5, 0.6) is 11.5 Å². The largest absolute Gasteiger partial charge is 0.508 e. The fourth-order valence-corrected chi connectivity index (χ4v) is 3.73. The fourth-order valence-electron chi connectivity index (χ4n) is 3.73. The SMILES string of the molecule is CCCCCOCN(CCN(COCCCCC)Cc1ccccc1O)Cc1ccccc1O. The van der Waals surface area contributed by atoms with Crippen molar-refractivity contribution < 1.29 is 19.7 Å². The van der Waals surface area contributed by atoms with Gasteiger partial charge in [-0.05, 0) is 25.0 Å². The van der Waals surface area contributed by atoms with Crippen LogP contribution in [0.2, 0.25) is 0 Å². The quantitative estimate of drug-likeness (QED) is 0.201. The van der Waals surface area contributed by atoms with Crippen LogP contribution in [0.4, 0.5) is 0 Å². The van der Waals surface area contributed by atoms with Gasteiger partial charge >= 0.3 is 0 Å². The fraction of sp³-hybridized carbons (Fsp3) is 0.571. The van der Waals surface area contributed by atoms with Crippen LogP contribution >= 0.6 is 0 Å². The van der Waals surface area contributed by atoms with Crippen molar-refractivity contribution in [3.8, 4) is 11.5 Å². The third-order valence-corrected chi connectivity index (χ3v) is 5.84. The second kappa shape index (κ2) is 17.3. The van der Waals surface area contributed by atoms with Crippen LogP contribution in [0.25, 0.3) is 0 Å². The molecule has 0 aliphatic carbocycles. The Hall–Kier alpha value is -2.12. The number of phenols is 2. The molecule has 2 aromatic carbocycles. The molecule has 0 atom stereocenters. The number of phenolic OH excluding ortho intramolecular Hbond substituents is 2. The molecule has 34 heavy (non-hydrogen) atoms. The van der Waals surface area contributed by atoms with Gasteiger partial charge in [0.2, 0.25) is 0 Å². The molecule has 0 bridgehead atoms. The van der Waals surface area contributed by atoms with Gasteiger partial charge in [-0.3, -0.25) is 9.80 Å². The Balaban J connectivity index is 1.99. The molecule has 0 unspecified atom stereocenters. The van der Waals surface area contributed by atoms with Crippen LogP contribution in [0.1, 0.15) is 63.5 Å². The number of unbranched alkanes of at least 4 members (excludes halogenated alkanes) is 4. The first-order valence-electron chi connectivity index (χ1n) is 12.8. The van der Waals surface area contributed by atoms with E-state index in [1.165, 1.54) is 25.7 Å². The number of benzene rings is 2. The zero-order valence-corrected chi connectivity index (χ0v) is 21.1. The second-order valence-corrected chi connectivity index (χ2v) is 8.85. The van der Waals surface area contributed by atoms with E-state index in [0.717, 1.165) is 50.3 Å². The molecule has 190 valence electrons. The van der Waals surface area contributed by atoms with Crippen molar-refractivity contribution >= 4 is 0 Å². The van der Waals surface area contributed by atoms with Gasteiger partial charge in [0.05, 0.1) is 13.5 Å². The van der Waals surface area contributed by atoms with Crippen molar-refractivity contribution in [2.24, 2.45) is 0 Å². The average Bonchev–Trinajstić information content (AvgIpc) is 2.84. The standard InChI is InChI=1S/C28H44N2O4/c1-3-5-11-19-33-23-29(21-25-13-7-9-15-27(25)31)17-18-30(24-34-20-12-6-4-2)22-26-14-8-10-16-28(26)32/h7-10,13-16,31-32H,3-6,11-12,17-24H2,1-2H3. The highest BCUT2D eigenvalue weighted by atomic mass is 16.5. The maximum absolute atomic E-state index is 10.3. The summed E-state index contributed by atoms with van der Waals surface area (Å²) in [6, 6.07) is 14.9. The van der Waals surface area contributed by atoms with Gasteiger partial charge in [-0.1, -0.05) is 75.9 Å². The topological polar surface area (TPSA) is 65.4 Å². The Morgan fingerprint density at radius 1 is 0.618 bits per heavy atom. The second-order valence-electron chi connectivity index (χ2n) is 8.85. The Labute approximate surface area is 206 Å². The van der Waals surface area contributed by atoms with Crippen LogP contribution in [-0.4, -0.2) is 59.8 Å². The van der Waals surface area contributed by atoms with Gasteiger partial charge in [-0.25, -0.2) is 0 Å². The molecule has 2 N–H and O–H groups in total. The molecular weight excluding hydrogens is 428 g/mol. The van der Waals surface area contributed by atoms with E-state index < -0.39 is 0 Å². The minimum Gasteiger partial charge on any atom is -0.508 e. The van der Waals surface area contributed by atoms with E-state index in [0.29, 0.717) is 38.1 Å². The summed E-state index contributed by atoms with van der Waals surface area (Å²) in [4.78, 5) is 4.44. The first-order chi connectivity index (χ1) is 16.6. The molecule has 6 nitrogen and oxygen atoms in total. The number of hydrogen-bond donors (Lipinski definition) is 2. The van der Waals surface area contributed by atoms with Gasteiger partial charge < -0.3 is 19.7 Å². The maximum atomic E-state index is 10.3. The molecule has 0 spiro atoms. The van der Waals surface area contributed by atoms with Gasteiger partial charge in [0.1, 0.15) is 11.5 Å². The molecule has 0 fully saturated rings. The minimum absolute atomic E-state index is 0.309. The van der Waals surface area contributed by atoms with Crippen molar-refractivity contribution in [2.45, 2.75) is 65.5 Å². The van der Waals surface area contributed by atoms with Crippen molar-refractivity contribution in [1.29, 1.82) is 0 Å². The predicted octanol–water partition coefficient (Wildman–Crippen LogP) is 5.73. The number of rotatable bonds is 19. The lowest BCUT2D eigenvalue weighted by Gasteiger charge is -2.28. The summed E-state index contributed by atoms with van der Waals surface area (Å²) in [7, 11) is 0. The third kappa shape index (κ3) is 11.3. The molecule has 0 radical (unpaired) electrons. The van der Waals surface area contributed by atoms with Crippen molar-refractivity contribution in [3.63, 3.8) is 0 Å². The van der Waals surface area contributed by atoms with E-state index in [1.54, 1.807) is 12.1 Å². The highest BCUT2D eigenvalue weighted by molar-refractivity contribution is 5.32. The lowest BCUT2D eigenvalue weighted by Crippen LogP contribution is -2.37. The summed E-state index contributed by atoms with van der Waals surface area (Å²) >= 11 is 0. The summed E-state index contributed by atoms with van der Waals surface area (Å²) in [5, 5.41) is 20.5. The van der Waals surface area contributed by atoms with Crippen LogP contribution in [0, 0.1) is 0 Å². The Kier molecular flexibility index (Phi) is 14.3. The number of nitrogens with zero attached hydrogens (tertiary/aromatic N) is 2. The first-order valence-corrected chi connectivity index (χ1v) is 12.8. The average molecular weight is 473 g/mol. The van der Waals surface area contributed by atoms with Gasteiger partial charge in [-0.15, -0.1) is 0 Å². The molecule has 0 aliphatic rings. The number of ether oxygens (including phenoxy) is 2. The molecule has 0 aliphatic heterocycles. The van der Waals surface area contributed by atoms with E-state index in [2.05, 4.69) is 23.6 Å². The lowest BCUT2D eigenvalue weighted by molar-refractivity contribution is -0.00658. The molecule has 2 rings (SSSR count). The molecule has 6 heteroatoms. The zero-order chi connectivity index (χ0) is 24.4. The van der Waals surface area contributed by atoms with Crippen LogP contribution < -0.4 is 0 Å². The highest BCUT2D eigenvalue weighted by Crippen LogP contribution is 2.19. The van der Waals surface area contributed by atoms with E-state index in [1.807, 2.05) is 36.4 Å². The summed E-state index contributed by atoms with van der Waals surface area (Å²) in [6.07, 6.45) is 6.80. The Morgan fingerprint density at radius 2 is 1.03 bits per heavy atom. The van der Waals surface area contributed by atoms with Crippen molar-refractivity contribution in [3.05, 3.63) is 59.7 Å². The highest BCUT2D eigenvalue weighted by Gasteiger charge is 2.14. The number of aromatic hydroxyl groups is 2. The molecule has 0 heterocycles. The number of para-hydroxylation sites is 2. The molecule has 0 amide bonds. The summed E-state index contributed by atoms with van der Waals surface area (Å²) in [6.45, 7) is 9.63. The van der Waals surface area contributed by atoms with Gasteiger partial charge in [-0.2, -0.15) is 0 Å². The van der Waals surface area contributed by atoms with Crippen LogP contribution in [0.3, 0.4) is 0 Å². The minimum atomic E-state index is 0.309. The monoisotopic (exact) mass is 472 g/mol. The van der Waals surface area contributed by atoms with E-state index in [4.69, 9.17) is 9.47 Å². The Morgan fingerprint density at radius 3 is 1.41 bits per heavy atom. The summed E-state index contributed by atoms with van der Waals surface area (Å²) in [5.41, 5.74) is 1.78. The molecule has 0 saturated heterocycles. The lowest BCUT2D eigenvalue weighted by atomic mass is 10.2. The smallest absolute Gasteiger partial charge is 0.120 e. The summed E-state index contributed by atoms with van der Waals surface area (Å²) < 4.78 is 11.9. The van der Waals surface area contributed by atoms with Gasteiger partial charge in [0.15, 0.2) is 0 Å². The molecule has 0 aromatic heterocycles. The summed E-state index contributed by atoms with van der Waals surface area (Å²) in [5.74, 6) is 0.618. The van der Waals surface area contributed by atoms with Crippen LogP contribution in [0.15, 0.2) is 48.5 Å². The molecule has 2 aromatic rings. The van der Waals surface area contributed by atoms with E-state index in [-0.39, 0.29) is 0 Å². The normalized spacial score (nSPS) is 11.5. The van der Waals surface area contributed by atoms with Crippen molar-refractivity contribution in [2.75, 3.05) is 39.8 Å².